The summed E-state index contributed by atoms with van der Waals surface area (Å²) < 4.78 is 24.6. The van der Waals surface area contributed by atoms with Crippen LogP contribution in [0.3, 0.4) is 0 Å². The maximum absolute atomic E-state index is 13.0. The van der Waals surface area contributed by atoms with E-state index in [1.807, 2.05) is 12.1 Å². The van der Waals surface area contributed by atoms with Crippen LogP contribution in [-0.4, -0.2) is 13.2 Å². The van der Waals surface area contributed by atoms with Gasteiger partial charge < -0.3 is 15.2 Å². The van der Waals surface area contributed by atoms with Crippen LogP contribution in [0.15, 0.2) is 46.9 Å². The van der Waals surface area contributed by atoms with Gasteiger partial charge in [-0.1, -0.05) is 6.07 Å². The molecule has 0 fully saturated rings. The summed E-state index contributed by atoms with van der Waals surface area (Å²) >= 11 is 3.29. The Morgan fingerprint density at radius 3 is 2.63 bits per heavy atom. The summed E-state index contributed by atoms with van der Waals surface area (Å²) in [5, 5.41) is 0. The maximum atomic E-state index is 13.0. The number of nitrogen functional groups attached to an aromatic ring is 1. The predicted molar refractivity (Wildman–Crippen MR) is 75.9 cm³/mol. The average Bonchev–Trinajstić information content (AvgIpc) is 2.39. The number of ether oxygens (including phenoxy) is 2. The molecule has 0 aliphatic heterocycles. The lowest BCUT2D eigenvalue weighted by Crippen LogP contribution is -2.09. The van der Waals surface area contributed by atoms with E-state index >= 15 is 0 Å². The van der Waals surface area contributed by atoms with Gasteiger partial charge in [0.25, 0.3) is 0 Å². The molecule has 0 atom stereocenters. The normalized spacial score (nSPS) is 10.2. The molecule has 0 unspecified atom stereocenters. The second kappa shape index (κ2) is 6.43. The fourth-order valence-corrected chi connectivity index (χ4v) is 1.86. The van der Waals surface area contributed by atoms with Crippen LogP contribution in [0.5, 0.6) is 11.5 Å². The lowest BCUT2D eigenvalue weighted by Gasteiger charge is -2.10. The molecule has 0 amide bonds. The van der Waals surface area contributed by atoms with Crippen molar-refractivity contribution >= 4 is 21.6 Å². The lowest BCUT2D eigenvalue weighted by atomic mass is 10.3. The van der Waals surface area contributed by atoms with Crippen molar-refractivity contribution in [2.45, 2.75) is 0 Å². The van der Waals surface area contributed by atoms with Crippen LogP contribution >= 0.6 is 15.9 Å². The SMILES string of the molecule is Nc1cccc(OCCOc2cc(F)ccc2Br)c1. The number of rotatable bonds is 5. The van der Waals surface area contributed by atoms with E-state index < -0.39 is 0 Å². The van der Waals surface area contributed by atoms with Gasteiger partial charge in [-0.25, -0.2) is 4.39 Å². The molecule has 3 nitrogen and oxygen atoms in total. The number of anilines is 1. The molecule has 2 aromatic rings. The lowest BCUT2D eigenvalue weighted by molar-refractivity contribution is 0.216. The Bertz CT molecular complexity index is 563. The molecule has 0 radical (unpaired) electrons. The first-order chi connectivity index (χ1) is 9.15. The predicted octanol–water partition coefficient (Wildman–Crippen LogP) is 3.63. The summed E-state index contributed by atoms with van der Waals surface area (Å²) in [6.45, 7) is 0.670. The van der Waals surface area contributed by atoms with Gasteiger partial charge in [-0.15, -0.1) is 0 Å². The minimum atomic E-state index is -0.338. The zero-order valence-corrected chi connectivity index (χ0v) is 11.7. The molecule has 0 aliphatic carbocycles. The zero-order chi connectivity index (χ0) is 13.7. The minimum absolute atomic E-state index is 0.316. The molecule has 0 bridgehead atoms. The highest BCUT2D eigenvalue weighted by Crippen LogP contribution is 2.25. The van der Waals surface area contributed by atoms with E-state index in [4.69, 9.17) is 15.2 Å². The number of hydrogen-bond donors (Lipinski definition) is 1. The minimum Gasteiger partial charge on any atom is -0.490 e. The van der Waals surface area contributed by atoms with Crippen molar-refractivity contribution in [3.8, 4) is 11.5 Å². The van der Waals surface area contributed by atoms with Crippen molar-refractivity contribution in [3.05, 3.63) is 52.8 Å². The Morgan fingerprint density at radius 2 is 1.84 bits per heavy atom. The van der Waals surface area contributed by atoms with Crippen LogP contribution in [-0.2, 0) is 0 Å². The van der Waals surface area contributed by atoms with Crippen molar-refractivity contribution in [1.29, 1.82) is 0 Å². The summed E-state index contributed by atoms with van der Waals surface area (Å²) in [7, 11) is 0. The molecule has 2 rings (SSSR count). The zero-order valence-electron chi connectivity index (χ0n) is 10.1. The third-order valence-corrected chi connectivity index (χ3v) is 3.02. The van der Waals surface area contributed by atoms with Crippen LogP contribution < -0.4 is 15.2 Å². The largest absolute Gasteiger partial charge is 0.490 e. The van der Waals surface area contributed by atoms with Crippen LogP contribution in [0.4, 0.5) is 10.1 Å². The van der Waals surface area contributed by atoms with E-state index in [1.54, 1.807) is 18.2 Å². The van der Waals surface area contributed by atoms with Crippen molar-refractivity contribution in [2.75, 3.05) is 18.9 Å². The van der Waals surface area contributed by atoms with Gasteiger partial charge in [-0.05, 0) is 40.2 Å². The highest BCUT2D eigenvalue weighted by atomic mass is 79.9. The van der Waals surface area contributed by atoms with Crippen LogP contribution in [0.2, 0.25) is 0 Å². The van der Waals surface area contributed by atoms with E-state index in [-0.39, 0.29) is 5.82 Å². The third kappa shape index (κ3) is 4.13. The van der Waals surface area contributed by atoms with E-state index in [2.05, 4.69) is 15.9 Å². The monoisotopic (exact) mass is 325 g/mol. The van der Waals surface area contributed by atoms with E-state index in [0.29, 0.717) is 34.9 Å². The van der Waals surface area contributed by atoms with E-state index in [0.717, 1.165) is 0 Å². The Labute approximate surface area is 119 Å². The maximum Gasteiger partial charge on any atom is 0.136 e. The molecule has 2 aromatic carbocycles. The van der Waals surface area contributed by atoms with Gasteiger partial charge in [-0.2, -0.15) is 0 Å². The molecular weight excluding hydrogens is 313 g/mol. The smallest absolute Gasteiger partial charge is 0.136 e. The van der Waals surface area contributed by atoms with Gasteiger partial charge in [0.1, 0.15) is 30.5 Å². The summed E-state index contributed by atoms with van der Waals surface area (Å²) in [5.74, 6) is 0.799. The van der Waals surface area contributed by atoms with Gasteiger partial charge in [0.05, 0.1) is 4.47 Å². The average molecular weight is 326 g/mol. The molecule has 0 spiro atoms. The molecule has 0 aromatic heterocycles. The summed E-state index contributed by atoms with van der Waals surface area (Å²) in [4.78, 5) is 0. The van der Waals surface area contributed by atoms with Crippen molar-refractivity contribution in [1.82, 2.24) is 0 Å². The Hall–Kier alpha value is -1.75. The molecule has 5 heteroatoms. The molecule has 0 heterocycles. The van der Waals surface area contributed by atoms with E-state index in [9.17, 15) is 4.39 Å². The Kier molecular flexibility index (Phi) is 4.63. The van der Waals surface area contributed by atoms with Crippen molar-refractivity contribution in [2.24, 2.45) is 0 Å². The topological polar surface area (TPSA) is 44.5 Å². The van der Waals surface area contributed by atoms with Gasteiger partial charge in [-0.3, -0.25) is 0 Å². The summed E-state index contributed by atoms with van der Waals surface area (Å²) in [6.07, 6.45) is 0. The number of nitrogens with two attached hydrogens (primary N) is 1. The molecule has 2 N–H and O–H groups in total. The van der Waals surface area contributed by atoms with Crippen molar-refractivity contribution < 1.29 is 13.9 Å². The van der Waals surface area contributed by atoms with Gasteiger partial charge in [0.2, 0.25) is 0 Å². The molecule has 0 aliphatic rings. The highest BCUT2D eigenvalue weighted by molar-refractivity contribution is 9.10. The third-order valence-electron chi connectivity index (χ3n) is 2.36. The molecule has 100 valence electrons. The standard InChI is InChI=1S/C14H13BrFNO2/c15-13-5-4-10(16)8-14(13)19-7-6-18-12-3-1-2-11(17)9-12/h1-5,8-9H,6-7,17H2. The van der Waals surface area contributed by atoms with Crippen LogP contribution in [0.1, 0.15) is 0 Å². The Balaban J connectivity index is 1.82. The fourth-order valence-electron chi connectivity index (χ4n) is 1.50. The summed E-state index contributed by atoms with van der Waals surface area (Å²) in [5.41, 5.74) is 6.28. The Morgan fingerprint density at radius 1 is 1.05 bits per heavy atom. The van der Waals surface area contributed by atoms with Gasteiger partial charge >= 0.3 is 0 Å². The number of hydrogen-bond acceptors (Lipinski definition) is 3. The highest BCUT2D eigenvalue weighted by Gasteiger charge is 2.03. The van der Waals surface area contributed by atoms with Crippen molar-refractivity contribution in [3.63, 3.8) is 0 Å². The van der Waals surface area contributed by atoms with E-state index in [1.165, 1.54) is 12.1 Å². The second-order valence-electron chi connectivity index (χ2n) is 3.84. The molecule has 0 saturated heterocycles. The summed E-state index contributed by atoms with van der Waals surface area (Å²) in [6, 6.07) is 11.4. The first-order valence-corrected chi connectivity index (χ1v) is 6.50. The first kappa shape index (κ1) is 13.7. The number of benzene rings is 2. The molecule has 0 saturated carbocycles. The first-order valence-electron chi connectivity index (χ1n) is 5.71. The van der Waals surface area contributed by atoms with Crippen LogP contribution in [0, 0.1) is 5.82 Å². The molecule has 19 heavy (non-hydrogen) atoms. The van der Waals surface area contributed by atoms with Gasteiger partial charge in [0.15, 0.2) is 0 Å². The second-order valence-corrected chi connectivity index (χ2v) is 4.70. The van der Waals surface area contributed by atoms with Crippen LogP contribution in [0.25, 0.3) is 0 Å². The fraction of sp³-hybridized carbons (Fsp3) is 0.143. The number of halogens is 2. The quantitative estimate of drug-likeness (QED) is 0.674. The van der Waals surface area contributed by atoms with Gasteiger partial charge in [0, 0.05) is 17.8 Å². The molecular formula is C14H13BrFNO2.